The van der Waals surface area contributed by atoms with E-state index < -0.39 is 5.60 Å². The molecule has 2 heteroatoms. The second-order valence-corrected chi connectivity index (χ2v) is 8.61. The lowest BCUT2D eigenvalue weighted by atomic mass is 9.48. The highest BCUT2D eigenvalue weighted by Crippen LogP contribution is 2.64. The average Bonchev–Trinajstić information content (AvgIpc) is 2.78. The predicted molar refractivity (Wildman–Crippen MR) is 96.3 cm³/mol. The molecule has 0 aromatic heterocycles. The van der Waals surface area contributed by atoms with Gasteiger partial charge < -0.3 is 5.11 Å². The zero-order chi connectivity index (χ0) is 17.1. The van der Waals surface area contributed by atoms with E-state index in [1.54, 1.807) is 0 Å². The van der Waals surface area contributed by atoms with Crippen LogP contribution in [0, 0.1) is 29.1 Å². The number of hydrogen-bond donors (Lipinski definition) is 1. The van der Waals surface area contributed by atoms with Crippen molar-refractivity contribution >= 4 is 5.78 Å². The smallest absolute Gasteiger partial charge is 0.155 e. The van der Waals surface area contributed by atoms with E-state index in [-0.39, 0.29) is 5.41 Å². The van der Waals surface area contributed by atoms with E-state index in [9.17, 15) is 9.90 Å². The summed E-state index contributed by atoms with van der Waals surface area (Å²) in [6, 6.07) is 0. The van der Waals surface area contributed by atoms with E-state index in [1.165, 1.54) is 11.1 Å². The summed E-state index contributed by atoms with van der Waals surface area (Å²) in [7, 11) is 0. The molecule has 4 rings (SSSR count). The minimum absolute atomic E-state index is 0.175. The van der Waals surface area contributed by atoms with Crippen LogP contribution < -0.4 is 0 Å². The fourth-order valence-corrected chi connectivity index (χ4v) is 6.29. The lowest BCUT2D eigenvalue weighted by molar-refractivity contribution is -0.116. The lowest BCUT2D eigenvalue weighted by Crippen LogP contribution is -2.53. The van der Waals surface area contributed by atoms with E-state index >= 15 is 0 Å². The second kappa shape index (κ2) is 5.29. The molecule has 2 nitrogen and oxygen atoms in total. The van der Waals surface area contributed by atoms with E-state index in [0.717, 1.165) is 25.7 Å². The molecule has 0 unspecified atom stereocenters. The van der Waals surface area contributed by atoms with Crippen LogP contribution in [0.5, 0.6) is 0 Å². The maximum Gasteiger partial charge on any atom is 0.155 e. The van der Waals surface area contributed by atoms with Crippen LogP contribution in [0.4, 0.5) is 0 Å². The highest BCUT2D eigenvalue weighted by molar-refractivity contribution is 5.91. The molecule has 0 aromatic carbocycles. The number of rotatable bonds is 2. The Balaban J connectivity index is 1.70. The molecule has 4 aliphatic carbocycles. The molecule has 0 aliphatic heterocycles. The summed E-state index contributed by atoms with van der Waals surface area (Å²) >= 11 is 0. The Morgan fingerprint density at radius 2 is 2.17 bits per heavy atom. The highest BCUT2D eigenvalue weighted by Gasteiger charge is 2.60. The monoisotopic (exact) mass is 324 g/mol. The summed E-state index contributed by atoms with van der Waals surface area (Å²) in [5.41, 5.74) is 1.67. The maximum atomic E-state index is 11.8. The van der Waals surface area contributed by atoms with Gasteiger partial charge in [-0.3, -0.25) is 4.79 Å². The summed E-state index contributed by atoms with van der Waals surface area (Å²) < 4.78 is 0. The minimum atomic E-state index is -0.800. The van der Waals surface area contributed by atoms with Crippen molar-refractivity contribution in [3.63, 3.8) is 0 Å². The van der Waals surface area contributed by atoms with Crippen molar-refractivity contribution in [2.75, 3.05) is 0 Å². The Morgan fingerprint density at radius 3 is 2.92 bits per heavy atom. The van der Waals surface area contributed by atoms with Crippen molar-refractivity contribution in [3.8, 4) is 0 Å². The summed E-state index contributed by atoms with van der Waals surface area (Å²) in [6.07, 6.45) is 13.3. The van der Waals surface area contributed by atoms with Crippen LogP contribution in [0.2, 0.25) is 0 Å². The molecule has 6 atom stereocenters. The van der Waals surface area contributed by atoms with Crippen molar-refractivity contribution in [2.24, 2.45) is 29.1 Å². The molecule has 128 valence electrons. The van der Waals surface area contributed by atoms with Gasteiger partial charge in [0.15, 0.2) is 5.78 Å². The Morgan fingerprint density at radius 1 is 1.38 bits per heavy atom. The van der Waals surface area contributed by atoms with E-state index in [4.69, 9.17) is 0 Å². The summed E-state index contributed by atoms with van der Waals surface area (Å²) in [5, 5.41) is 11.3. The normalized spacial score (nSPS) is 46.8. The second-order valence-electron chi connectivity index (χ2n) is 8.61. The number of hydrogen-bond acceptors (Lipinski definition) is 2. The van der Waals surface area contributed by atoms with Gasteiger partial charge in [0.05, 0.1) is 5.60 Å². The molecular weight excluding hydrogens is 296 g/mol. The number of carbonyl (C=O) groups is 1. The predicted octanol–water partition coefficient (Wildman–Crippen LogP) is 4.38. The zero-order valence-corrected chi connectivity index (χ0v) is 14.6. The van der Waals surface area contributed by atoms with Gasteiger partial charge in [0, 0.05) is 11.8 Å². The van der Waals surface area contributed by atoms with E-state index in [2.05, 4.69) is 26.2 Å². The quantitative estimate of drug-likeness (QED) is 0.766. The van der Waals surface area contributed by atoms with Gasteiger partial charge >= 0.3 is 0 Å². The molecule has 0 spiro atoms. The van der Waals surface area contributed by atoms with Crippen LogP contribution in [0.25, 0.3) is 0 Å². The van der Waals surface area contributed by atoms with E-state index in [0.29, 0.717) is 42.3 Å². The van der Waals surface area contributed by atoms with Gasteiger partial charge in [-0.1, -0.05) is 42.9 Å². The molecule has 2 saturated carbocycles. The van der Waals surface area contributed by atoms with Crippen LogP contribution in [0.1, 0.15) is 45.4 Å². The molecule has 0 radical (unpaired) electrons. The molecule has 0 aromatic rings. The molecule has 24 heavy (non-hydrogen) atoms. The van der Waals surface area contributed by atoms with Crippen molar-refractivity contribution < 1.29 is 9.90 Å². The van der Waals surface area contributed by atoms with Gasteiger partial charge in [-0.05, 0) is 61.9 Å². The third kappa shape index (κ3) is 2.02. The molecule has 0 bridgehead atoms. The Bertz CT molecular complexity index is 669. The lowest BCUT2D eigenvalue weighted by Gasteiger charge is -2.56. The van der Waals surface area contributed by atoms with E-state index in [1.807, 2.05) is 18.2 Å². The van der Waals surface area contributed by atoms with Crippen LogP contribution in [0.15, 0.2) is 48.6 Å². The summed E-state index contributed by atoms with van der Waals surface area (Å²) in [4.78, 5) is 11.8. The molecule has 0 saturated heterocycles. The molecule has 0 amide bonds. The molecular formula is C22H28O2. The SMILES string of the molecule is C=CC[C@]1(O)C=C[C@H]2[C@@H]3CCC4=CC(=O)CC[C@@H]4[C@H]3C(=C)C[C@@]21C. The van der Waals surface area contributed by atoms with Gasteiger partial charge in [0.25, 0.3) is 0 Å². The molecule has 0 heterocycles. The standard InChI is InChI=1S/C22H28O2/c1-4-10-22(24)11-9-19-18-7-5-15-12-16(23)6-8-17(15)20(18)14(2)13-21(19,22)3/h4,9,11-12,17-20,24H,1-2,5-8,10,13H2,3H3/t17-,18-,19-,20+,21-,22-/m0/s1. The Kier molecular flexibility index (Phi) is 3.55. The zero-order valence-electron chi connectivity index (χ0n) is 14.6. The number of aliphatic hydroxyl groups is 1. The van der Waals surface area contributed by atoms with Crippen LogP contribution in [-0.4, -0.2) is 16.5 Å². The fraction of sp³-hybridized carbons (Fsp3) is 0.591. The Hall–Kier alpha value is -1.41. The van der Waals surface area contributed by atoms with Gasteiger partial charge in [0.2, 0.25) is 0 Å². The summed E-state index contributed by atoms with van der Waals surface area (Å²) in [6.45, 7) is 10.5. The average molecular weight is 324 g/mol. The number of ketones is 1. The summed E-state index contributed by atoms with van der Waals surface area (Å²) in [5.74, 6) is 2.22. The third-order valence-electron chi connectivity index (χ3n) is 7.47. The number of fused-ring (bicyclic) bond motifs is 5. The first-order valence-corrected chi connectivity index (χ1v) is 9.33. The number of allylic oxidation sites excluding steroid dienone is 4. The third-order valence-corrected chi connectivity index (χ3v) is 7.47. The van der Waals surface area contributed by atoms with Gasteiger partial charge in [-0.2, -0.15) is 0 Å². The van der Waals surface area contributed by atoms with Crippen LogP contribution in [0.3, 0.4) is 0 Å². The minimum Gasteiger partial charge on any atom is -0.385 e. The van der Waals surface area contributed by atoms with Gasteiger partial charge in [-0.15, -0.1) is 6.58 Å². The van der Waals surface area contributed by atoms with Crippen molar-refractivity contribution in [1.82, 2.24) is 0 Å². The van der Waals surface area contributed by atoms with Crippen molar-refractivity contribution in [1.29, 1.82) is 0 Å². The van der Waals surface area contributed by atoms with Gasteiger partial charge in [0.1, 0.15) is 0 Å². The first-order valence-electron chi connectivity index (χ1n) is 9.33. The van der Waals surface area contributed by atoms with Crippen LogP contribution in [-0.2, 0) is 4.79 Å². The van der Waals surface area contributed by atoms with Crippen molar-refractivity contribution in [2.45, 2.75) is 51.0 Å². The largest absolute Gasteiger partial charge is 0.385 e. The first-order chi connectivity index (χ1) is 11.4. The maximum absolute atomic E-state index is 11.8. The highest BCUT2D eigenvalue weighted by atomic mass is 16.3. The number of carbonyl (C=O) groups excluding carboxylic acids is 1. The molecule has 2 fully saturated rings. The fourth-order valence-electron chi connectivity index (χ4n) is 6.29. The molecule has 1 N–H and O–H groups in total. The Labute approximate surface area is 145 Å². The van der Waals surface area contributed by atoms with Crippen molar-refractivity contribution in [3.05, 3.63) is 48.6 Å². The first kappa shape index (κ1) is 16.1. The van der Waals surface area contributed by atoms with Crippen LogP contribution >= 0.6 is 0 Å². The van der Waals surface area contributed by atoms with Gasteiger partial charge in [-0.25, -0.2) is 0 Å². The molecule has 4 aliphatic rings. The topological polar surface area (TPSA) is 37.3 Å².